The van der Waals surface area contributed by atoms with Gasteiger partial charge in [-0.05, 0) is 55.8 Å². The fraction of sp³-hybridized carbons (Fsp3) is 0.364. The van der Waals surface area contributed by atoms with Crippen molar-refractivity contribution in [3.63, 3.8) is 0 Å². The van der Waals surface area contributed by atoms with Gasteiger partial charge in [0, 0.05) is 49.7 Å². The lowest BCUT2D eigenvalue weighted by molar-refractivity contribution is -0.113. The Balaban J connectivity index is 1.48. The molecule has 2 aliphatic rings. The minimum absolute atomic E-state index is 0.149. The first-order valence-electron chi connectivity index (χ1n) is 10.0. The number of halogens is 1. The van der Waals surface area contributed by atoms with Gasteiger partial charge in [0.05, 0.1) is 5.69 Å². The molecule has 5 rings (SSSR count). The van der Waals surface area contributed by atoms with Crippen molar-refractivity contribution >= 4 is 51.0 Å². The third-order valence-electron chi connectivity index (χ3n) is 5.84. The molecule has 0 N–H and O–H groups in total. The van der Waals surface area contributed by atoms with Crippen LogP contribution in [0, 0.1) is 0 Å². The molecule has 5 nitrogen and oxygen atoms in total. The van der Waals surface area contributed by atoms with E-state index in [-0.39, 0.29) is 5.78 Å². The van der Waals surface area contributed by atoms with Crippen LogP contribution in [0.15, 0.2) is 30.6 Å². The summed E-state index contributed by atoms with van der Waals surface area (Å²) in [7, 11) is 2.19. The van der Waals surface area contributed by atoms with E-state index in [2.05, 4.69) is 40.0 Å². The van der Waals surface area contributed by atoms with Gasteiger partial charge >= 0.3 is 0 Å². The summed E-state index contributed by atoms with van der Waals surface area (Å²) in [6.07, 6.45) is 8.20. The Kier molecular flexibility index (Phi) is 4.94. The summed E-state index contributed by atoms with van der Waals surface area (Å²) in [6, 6.07) is 6.63. The van der Waals surface area contributed by atoms with Crippen molar-refractivity contribution in [1.82, 2.24) is 14.3 Å². The third kappa shape index (κ3) is 3.72. The minimum atomic E-state index is 0.149. The number of aryl methyl sites for hydroxylation is 1. The number of nitrogens with zero attached hydrogens (tertiary/aromatic N) is 4. The lowest BCUT2D eigenvalue weighted by atomic mass is 10.0. The molecule has 1 fully saturated rings. The van der Waals surface area contributed by atoms with E-state index in [4.69, 9.17) is 11.6 Å². The molecular weight excluding hydrogens is 404 g/mol. The van der Waals surface area contributed by atoms with E-state index in [9.17, 15) is 4.79 Å². The molecule has 3 aromatic rings. The molecule has 7 heteroatoms. The average Bonchev–Trinajstić information content (AvgIpc) is 3.08. The number of Topliss-reactive ketones (excluding diaryl/α,β-unsaturated/α-hetero) is 1. The number of likely N-dealkylation sites (N-methyl/N-ethyl adjacent to an activating group) is 1. The van der Waals surface area contributed by atoms with E-state index < -0.39 is 0 Å². The normalized spacial score (nSPS) is 18.5. The number of anilines is 1. The van der Waals surface area contributed by atoms with E-state index >= 15 is 0 Å². The van der Waals surface area contributed by atoms with Gasteiger partial charge in [0.2, 0.25) is 0 Å². The molecule has 3 heterocycles. The second-order valence-electron chi connectivity index (χ2n) is 7.86. The van der Waals surface area contributed by atoms with E-state index in [0.717, 1.165) is 48.8 Å². The Bertz CT molecular complexity index is 1080. The lowest BCUT2D eigenvalue weighted by Crippen LogP contribution is -2.28. The number of hydrogen-bond donors (Lipinski definition) is 0. The Morgan fingerprint density at radius 3 is 2.86 bits per heavy atom. The van der Waals surface area contributed by atoms with Crippen LogP contribution in [0.3, 0.4) is 0 Å². The summed E-state index contributed by atoms with van der Waals surface area (Å²) in [4.78, 5) is 23.2. The molecule has 1 aromatic carbocycles. The first-order chi connectivity index (χ1) is 14.1. The first kappa shape index (κ1) is 18.9. The highest BCUT2D eigenvalue weighted by Crippen LogP contribution is 2.31. The fourth-order valence-electron chi connectivity index (χ4n) is 4.18. The van der Waals surface area contributed by atoms with Crippen molar-refractivity contribution < 1.29 is 4.79 Å². The highest BCUT2D eigenvalue weighted by Gasteiger charge is 2.21. The number of imidazole rings is 1. The Hall–Kier alpha value is -2.15. The van der Waals surface area contributed by atoms with Crippen molar-refractivity contribution in [2.24, 2.45) is 0 Å². The van der Waals surface area contributed by atoms with Crippen LogP contribution >= 0.6 is 22.9 Å². The van der Waals surface area contributed by atoms with Gasteiger partial charge in [0.25, 0.3) is 0 Å². The van der Waals surface area contributed by atoms with Gasteiger partial charge in [-0.3, -0.25) is 9.20 Å². The van der Waals surface area contributed by atoms with E-state index in [1.165, 1.54) is 29.0 Å². The maximum atomic E-state index is 12.9. The zero-order valence-electron chi connectivity index (χ0n) is 16.4. The molecule has 150 valence electrons. The number of benzene rings is 1. The molecule has 0 radical (unpaired) electrons. The first-order valence-corrected chi connectivity index (χ1v) is 11.2. The zero-order valence-corrected chi connectivity index (χ0v) is 18.0. The summed E-state index contributed by atoms with van der Waals surface area (Å²) in [5.41, 5.74) is 5.05. The van der Waals surface area contributed by atoms with Crippen molar-refractivity contribution in [3.8, 4) is 0 Å². The summed E-state index contributed by atoms with van der Waals surface area (Å²) in [5.74, 6) is 0.149. The predicted octanol–water partition coefficient (Wildman–Crippen LogP) is 4.25. The highest BCUT2D eigenvalue weighted by molar-refractivity contribution is 7.20. The number of carbonyl (C=O) groups is 1. The van der Waals surface area contributed by atoms with Crippen LogP contribution in [-0.2, 0) is 11.2 Å². The summed E-state index contributed by atoms with van der Waals surface area (Å²) in [5, 5.41) is 0. The number of fused-ring (bicyclic) bond motifs is 2. The van der Waals surface area contributed by atoms with E-state index in [0.29, 0.717) is 16.3 Å². The lowest BCUT2D eigenvalue weighted by Gasteiger charge is -2.24. The molecule has 1 aliphatic carbocycles. The number of ketones is 1. The fourth-order valence-corrected chi connectivity index (χ4v) is 5.19. The number of thiazole rings is 1. The van der Waals surface area contributed by atoms with E-state index in [1.54, 1.807) is 0 Å². The van der Waals surface area contributed by atoms with Gasteiger partial charge < -0.3 is 9.80 Å². The van der Waals surface area contributed by atoms with Crippen LogP contribution in [0.5, 0.6) is 0 Å². The molecule has 1 aliphatic heterocycles. The van der Waals surface area contributed by atoms with Gasteiger partial charge in [-0.15, -0.1) is 0 Å². The maximum Gasteiger partial charge on any atom is 0.195 e. The molecule has 0 saturated carbocycles. The summed E-state index contributed by atoms with van der Waals surface area (Å²) < 4.78 is 2.58. The highest BCUT2D eigenvalue weighted by atomic mass is 35.5. The monoisotopic (exact) mass is 426 g/mol. The van der Waals surface area contributed by atoms with Gasteiger partial charge in [0.15, 0.2) is 10.7 Å². The molecule has 29 heavy (non-hydrogen) atoms. The number of allylic oxidation sites excluding steroid dienone is 1. The number of carbonyl (C=O) groups excluding carboxylic acids is 1. The van der Waals surface area contributed by atoms with Crippen LogP contribution in [0.25, 0.3) is 16.6 Å². The van der Waals surface area contributed by atoms with Gasteiger partial charge in [-0.1, -0.05) is 29.0 Å². The van der Waals surface area contributed by atoms with Crippen molar-refractivity contribution in [2.45, 2.75) is 19.3 Å². The van der Waals surface area contributed by atoms with Gasteiger partial charge in [-0.25, -0.2) is 4.98 Å². The largest absolute Gasteiger partial charge is 0.370 e. The number of aromatic nitrogens is 2. The second-order valence-corrected chi connectivity index (χ2v) is 9.50. The zero-order chi connectivity index (χ0) is 20.0. The Morgan fingerprint density at radius 2 is 2.00 bits per heavy atom. The molecular formula is C22H23ClN4OS. The van der Waals surface area contributed by atoms with Crippen LogP contribution in [-0.4, -0.2) is 53.3 Å². The molecule has 0 bridgehead atoms. The molecule has 2 aromatic heterocycles. The number of hydrogen-bond acceptors (Lipinski definition) is 5. The Morgan fingerprint density at radius 1 is 1.10 bits per heavy atom. The van der Waals surface area contributed by atoms with Crippen molar-refractivity contribution in [2.75, 3.05) is 38.1 Å². The SMILES string of the molecule is CN1CCCN(c2ccc3c(c2)CCC(=O)C(c2cn4cc(Cl)sc4n2)=C3)CC1. The average molecular weight is 427 g/mol. The molecule has 0 atom stereocenters. The number of rotatable bonds is 2. The molecule has 0 spiro atoms. The van der Waals surface area contributed by atoms with Gasteiger partial charge in [0.1, 0.15) is 4.34 Å². The van der Waals surface area contributed by atoms with Crippen molar-refractivity contribution in [3.05, 3.63) is 51.7 Å². The van der Waals surface area contributed by atoms with Crippen LogP contribution in [0.1, 0.15) is 29.7 Å². The second kappa shape index (κ2) is 7.59. The van der Waals surface area contributed by atoms with Crippen molar-refractivity contribution in [1.29, 1.82) is 0 Å². The van der Waals surface area contributed by atoms with Crippen LogP contribution < -0.4 is 4.90 Å². The topological polar surface area (TPSA) is 40.9 Å². The summed E-state index contributed by atoms with van der Waals surface area (Å²) in [6.45, 7) is 4.36. The maximum absolute atomic E-state index is 12.9. The smallest absolute Gasteiger partial charge is 0.195 e. The predicted molar refractivity (Wildman–Crippen MR) is 120 cm³/mol. The third-order valence-corrected chi connectivity index (χ3v) is 6.95. The molecule has 0 amide bonds. The van der Waals surface area contributed by atoms with Crippen LogP contribution in [0.4, 0.5) is 5.69 Å². The minimum Gasteiger partial charge on any atom is -0.370 e. The van der Waals surface area contributed by atoms with E-state index in [1.807, 2.05) is 22.9 Å². The Labute approximate surface area is 179 Å². The molecule has 1 saturated heterocycles. The molecule has 0 unspecified atom stereocenters. The summed E-state index contributed by atoms with van der Waals surface area (Å²) >= 11 is 7.47. The van der Waals surface area contributed by atoms with Gasteiger partial charge in [-0.2, -0.15) is 0 Å². The quantitative estimate of drug-likeness (QED) is 0.614. The standard InChI is InChI=1S/C22H23ClN4OS/c1-25-7-2-8-26(10-9-25)17-5-3-16-12-18(20(28)6-4-15(16)11-17)19-13-27-14-21(23)29-22(27)24-19/h3,5,11-14H,2,4,6-10H2,1H3. The van der Waals surface area contributed by atoms with Crippen LogP contribution in [0.2, 0.25) is 4.34 Å².